The molecule has 4 N–H and O–H groups in total. The lowest BCUT2D eigenvalue weighted by atomic mass is 9.88. The van der Waals surface area contributed by atoms with E-state index in [-0.39, 0.29) is 32.3 Å². The number of aliphatic hydroxyl groups is 3. The number of hydrogen-bond donors (Lipinski definition) is 4. The lowest BCUT2D eigenvalue weighted by molar-refractivity contribution is -0.128. The number of allylic oxidation sites excluding steroid dienone is 8. The quantitative estimate of drug-likeness (QED) is 0.187. The molecule has 1 amide bonds. The Hall–Kier alpha value is -1.69. The first-order valence-corrected chi connectivity index (χ1v) is 11.4. The minimum atomic E-state index is -0.477. The van der Waals surface area contributed by atoms with Crippen molar-refractivity contribution in [3.05, 3.63) is 48.6 Å². The third kappa shape index (κ3) is 16.1. The zero-order valence-electron chi connectivity index (χ0n) is 18.7. The minimum absolute atomic E-state index is 0.126. The number of nitrogens with one attached hydrogen (secondary N) is 1. The largest absolute Gasteiger partial charge is 0.396 e. The summed E-state index contributed by atoms with van der Waals surface area (Å²) in [6.07, 6.45) is 26.3. The molecule has 0 rings (SSSR count). The summed E-state index contributed by atoms with van der Waals surface area (Å²) in [6.45, 7) is 1.81. The van der Waals surface area contributed by atoms with E-state index >= 15 is 0 Å². The topological polar surface area (TPSA) is 89.8 Å². The fourth-order valence-electron chi connectivity index (χ4n) is 3.04. The fraction of sp³-hybridized carbons (Fsp3) is 0.640. The molecule has 0 aromatic carbocycles. The molecule has 5 heteroatoms. The van der Waals surface area contributed by atoms with Gasteiger partial charge in [-0.15, -0.1) is 0 Å². The van der Waals surface area contributed by atoms with E-state index < -0.39 is 11.8 Å². The van der Waals surface area contributed by atoms with Crippen LogP contribution in [-0.4, -0.2) is 47.6 Å². The number of hydrogen-bond acceptors (Lipinski definition) is 4. The second-order valence-corrected chi connectivity index (χ2v) is 7.41. The average Bonchev–Trinajstić information content (AvgIpc) is 2.76. The van der Waals surface area contributed by atoms with Crippen LogP contribution in [0.5, 0.6) is 0 Å². The van der Waals surface area contributed by atoms with Crippen molar-refractivity contribution in [2.45, 2.75) is 64.7 Å². The van der Waals surface area contributed by atoms with Gasteiger partial charge in [-0.3, -0.25) is 4.79 Å². The molecule has 0 fully saturated rings. The highest BCUT2D eigenvalue weighted by atomic mass is 16.3. The van der Waals surface area contributed by atoms with Gasteiger partial charge in [-0.25, -0.2) is 0 Å². The van der Waals surface area contributed by atoms with E-state index in [1.54, 1.807) is 0 Å². The van der Waals surface area contributed by atoms with Crippen molar-refractivity contribution in [3.63, 3.8) is 0 Å². The Morgan fingerprint density at radius 3 is 1.83 bits per heavy atom. The van der Waals surface area contributed by atoms with Crippen molar-refractivity contribution in [2.24, 2.45) is 11.8 Å². The van der Waals surface area contributed by atoms with Crippen molar-refractivity contribution in [1.29, 1.82) is 0 Å². The van der Waals surface area contributed by atoms with E-state index in [1.807, 2.05) is 6.08 Å². The van der Waals surface area contributed by atoms with E-state index in [4.69, 9.17) is 5.11 Å². The molecule has 0 saturated carbocycles. The summed E-state index contributed by atoms with van der Waals surface area (Å²) in [6, 6.07) is 0. The Kier molecular flexibility index (Phi) is 20.8. The summed E-state index contributed by atoms with van der Waals surface area (Å²) >= 11 is 0. The maximum Gasteiger partial charge on any atom is 0.223 e. The molecule has 5 nitrogen and oxygen atoms in total. The molecule has 30 heavy (non-hydrogen) atoms. The monoisotopic (exact) mass is 421 g/mol. The van der Waals surface area contributed by atoms with Crippen molar-refractivity contribution in [3.8, 4) is 0 Å². The van der Waals surface area contributed by atoms with Crippen LogP contribution in [0, 0.1) is 11.8 Å². The number of carbonyl (C=O) groups excluding carboxylic acids is 1. The predicted molar refractivity (Wildman–Crippen MR) is 125 cm³/mol. The summed E-state index contributed by atoms with van der Waals surface area (Å²) in [5, 5.41) is 30.2. The number of aliphatic hydroxyl groups excluding tert-OH is 3. The maximum atomic E-state index is 12.2. The number of amides is 1. The van der Waals surface area contributed by atoms with Crippen LogP contribution in [0.1, 0.15) is 64.7 Å². The van der Waals surface area contributed by atoms with Crippen molar-refractivity contribution < 1.29 is 20.1 Å². The van der Waals surface area contributed by atoms with Crippen LogP contribution in [0.25, 0.3) is 0 Å². The lowest BCUT2D eigenvalue weighted by Gasteiger charge is -2.22. The molecule has 0 aromatic heterocycles. The Bertz CT molecular complexity index is 507. The highest BCUT2D eigenvalue weighted by Crippen LogP contribution is 2.18. The van der Waals surface area contributed by atoms with E-state index in [9.17, 15) is 15.0 Å². The van der Waals surface area contributed by atoms with Crippen molar-refractivity contribution in [2.75, 3.05) is 26.4 Å². The smallest absolute Gasteiger partial charge is 0.223 e. The second kappa shape index (κ2) is 22.0. The molecule has 0 saturated heterocycles. The lowest BCUT2D eigenvalue weighted by Crippen LogP contribution is -2.38. The molecule has 0 aliphatic heterocycles. The van der Waals surface area contributed by atoms with Crippen LogP contribution >= 0.6 is 0 Å². The van der Waals surface area contributed by atoms with Gasteiger partial charge in [-0.2, -0.15) is 0 Å². The van der Waals surface area contributed by atoms with E-state index in [0.29, 0.717) is 12.8 Å². The summed E-state index contributed by atoms with van der Waals surface area (Å²) in [5.74, 6) is -1.17. The summed E-state index contributed by atoms with van der Waals surface area (Å²) in [5.41, 5.74) is 0. The van der Waals surface area contributed by atoms with Gasteiger partial charge < -0.3 is 20.6 Å². The summed E-state index contributed by atoms with van der Waals surface area (Å²) in [4.78, 5) is 12.2. The normalized spacial score (nSPS) is 13.5. The molecular weight excluding hydrogens is 378 g/mol. The van der Waals surface area contributed by atoms with Gasteiger partial charge in [-0.1, -0.05) is 68.4 Å². The molecule has 1 atom stereocenters. The Balaban J connectivity index is 4.02. The van der Waals surface area contributed by atoms with Crippen molar-refractivity contribution in [1.82, 2.24) is 5.32 Å². The van der Waals surface area contributed by atoms with E-state index in [0.717, 1.165) is 19.3 Å². The molecule has 1 unspecified atom stereocenters. The SMILES string of the molecule is CCCCC/C=C\C/C=C\C/C=C\C/C=C\CCC(C(=O)NCCO)C(CO)CO. The first-order chi connectivity index (χ1) is 14.7. The van der Waals surface area contributed by atoms with Crippen LogP contribution in [0.2, 0.25) is 0 Å². The second-order valence-electron chi connectivity index (χ2n) is 7.41. The van der Waals surface area contributed by atoms with Crippen LogP contribution < -0.4 is 5.32 Å². The molecule has 0 radical (unpaired) electrons. The van der Waals surface area contributed by atoms with Gasteiger partial charge in [0.2, 0.25) is 5.91 Å². The van der Waals surface area contributed by atoms with Gasteiger partial charge >= 0.3 is 0 Å². The fourth-order valence-corrected chi connectivity index (χ4v) is 3.04. The number of carbonyl (C=O) groups is 1. The zero-order valence-corrected chi connectivity index (χ0v) is 18.7. The summed E-state index contributed by atoms with van der Waals surface area (Å²) in [7, 11) is 0. The molecule has 0 spiro atoms. The van der Waals surface area contributed by atoms with Crippen molar-refractivity contribution >= 4 is 5.91 Å². The van der Waals surface area contributed by atoms with Crippen LogP contribution in [0.3, 0.4) is 0 Å². The van der Waals surface area contributed by atoms with Crippen LogP contribution in [-0.2, 0) is 4.79 Å². The average molecular weight is 422 g/mol. The van der Waals surface area contributed by atoms with Crippen LogP contribution in [0.15, 0.2) is 48.6 Å². The Morgan fingerprint density at radius 2 is 1.33 bits per heavy atom. The first kappa shape index (κ1) is 28.3. The zero-order chi connectivity index (χ0) is 22.3. The molecule has 172 valence electrons. The molecular formula is C25H43NO4. The highest BCUT2D eigenvalue weighted by Gasteiger charge is 2.26. The minimum Gasteiger partial charge on any atom is -0.396 e. The Morgan fingerprint density at radius 1 is 0.800 bits per heavy atom. The van der Waals surface area contributed by atoms with Gasteiger partial charge in [0.05, 0.1) is 6.61 Å². The van der Waals surface area contributed by atoms with Gasteiger partial charge in [0.25, 0.3) is 0 Å². The summed E-state index contributed by atoms with van der Waals surface area (Å²) < 4.78 is 0. The van der Waals surface area contributed by atoms with Crippen LogP contribution in [0.4, 0.5) is 0 Å². The number of rotatable bonds is 19. The predicted octanol–water partition coefficient (Wildman–Crippen LogP) is 4.07. The molecule has 0 heterocycles. The standard InChI is InChI=1S/C25H43NO4/c1-2-3-4-5-6-7-8-9-10-11-12-13-14-15-16-17-18-24(23(21-28)22-29)25(30)26-19-20-27/h6-7,9-10,12-13,15-16,23-24,27-29H,2-5,8,11,14,17-22H2,1H3,(H,26,30)/b7-6-,10-9-,13-12-,16-15-. The molecule has 0 bridgehead atoms. The van der Waals surface area contributed by atoms with E-state index in [1.165, 1.54) is 25.7 Å². The molecule has 0 aromatic rings. The Labute approximate surface area is 183 Å². The maximum absolute atomic E-state index is 12.2. The van der Waals surface area contributed by atoms with Gasteiger partial charge in [-0.05, 0) is 44.9 Å². The van der Waals surface area contributed by atoms with Gasteiger partial charge in [0, 0.05) is 31.6 Å². The third-order valence-corrected chi connectivity index (χ3v) is 4.89. The van der Waals surface area contributed by atoms with E-state index in [2.05, 4.69) is 54.8 Å². The number of unbranched alkanes of at least 4 members (excludes halogenated alkanes) is 3. The third-order valence-electron chi connectivity index (χ3n) is 4.89. The van der Waals surface area contributed by atoms with Gasteiger partial charge in [0.15, 0.2) is 0 Å². The first-order valence-electron chi connectivity index (χ1n) is 11.4. The highest BCUT2D eigenvalue weighted by molar-refractivity contribution is 5.79. The molecule has 0 aliphatic carbocycles. The van der Waals surface area contributed by atoms with Gasteiger partial charge in [0.1, 0.15) is 0 Å². The molecule has 0 aliphatic rings.